The lowest BCUT2D eigenvalue weighted by molar-refractivity contribution is -0.124. The largest absolute Gasteiger partial charge is 0.390 e. The maximum Gasteiger partial charge on any atom is 0.287 e. The SMILES string of the molecule is NCCCC(=O)NCC(F)(F)CO. The lowest BCUT2D eigenvalue weighted by Crippen LogP contribution is -2.39. The van der Waals surface area contributed by atoms with Crippen LogP contribution in [0.4, 0.5) is 8.78 Å². The van der Waals surface area contributed by atoms with E-state index in [4.69, 9.17) is 10.8 Å². The number of nitrogens with two attached hydrogens (primary N) is 1. The maximum absolute atomic E-state index is 12.3. The zero-order chi connectivity index (χ0) is 10.3. The Labute approximate surface area is 75.1 Å². The lowest BCUT2D eigenvalue weighted by atomic mass is 10.3. The lowest BCUT2D eigenvalue weighted by Gasteiger charge is -2.13. The number of alkyl halides is 2. The van der Waals surface area contributed by atoms with Gasteiger partial charge in [-0.1, -0.05) is 0 Å². The predicted molar refractivity (Wildman–Crippen MR) is 43.3 cm³/mol. The second-order valence-corrected chi connectivity index (χ2v) is 2.68. The minimum atomic E-state index is -3.24. The van der Waals surface area contributed by atoms with E-state index in [9.17, 15) is 13.6 Å². The molecule has 0 aromatic rings. The third-order valence-corrected chi connectivity index (χ3v) is 1.38. The van der Waals surface area contributed by atoms with Gasteiger partial charge < -0.3 is 16.2 Å². The highest BCUT2D eigenvalue weighted by atomic mass is 19.3. The molecule has 0 aliphatic rings. The van der Waals surface area contributed by atoms with Gasteiger partial charge in [0.2, 0.25) is 5.91 Å². The van der Waals surface area contributed by atoms with E-state index in [0.29, 0.717) is 13.0 Å². The molecule has 0 fully saturated rings. The molecule has 0 aromatic heterocycles. The standard InChI is InChI=1S/C7H14F2N2O2/c8-7(9,5-12)4-11-6(13)2-1-3-10/h12H,1-5,10H2,(H,11,13). The van der Waals surface area contributed by atoms with E-state index in [-0.39, 0.29) is 6.42 Å². The van der Waals surface area contributed by atoms with E-state index in [0.717, 1.165) is 0 Å². The summed E-state index contributed by atoms with van der Waals surface area (Å²) in [7, 11) is 0. The van der Waals surface area contributed by atoms with Crippen LogP contribution < -0.4 is 11.1 Å². The van der Waals surface area contributed by atoms with Crippen molar-refractivity contribution in [3.05, 3.63) is 0 Å². The first kappa shape index (κ1) is 12.2. The molecule has 0 atom stereocenters. The molecule has 0 saturated heterocycles. The van der Waals surface area contributed by atoms with Crippen molar-refractivity contribution in [3.8, 4) is 0 Å². The molecule has 0 unspecified atom stereocenters. The van der Waals surface area contributed by atoms with Gasteiger partial charge in [-0.15, -0.1) is 0 Å². The van der Waals surface area contributed by atoms with Crippen LogP contribution in [0.3, 0.4) is 0 Å². The van der Waals surface area contributed by atoms with Gasteiger partial charge in [-0.3, -0.25) is 4.79 Å². The smallest absolute Gasteiger partial charge is 0.287 e. The van der Waals surface area contributed by atoms with Gasteiger partial charge >= 0.3 is 0 Å². The first-order valence-corrected chi connectivity index (χ1v) is 3.97. The van der Waals surface area contributed by atoms with Gasteiger partial charge in [0.25, 0.3) is 5.92 Å². The van der Waals surface area contributed by atoms with Crippen molar-refractivity contribution >= 4 is 5.91 Å². The van der Waals surface area contributed by atoms with Crippen LogP contribution in [0.25, 0.3) is 0 Å². The fraction of sp³-hybridized carbons (Fsp3) is 0.857. The van der Waals surface area contributed by atoms with E-state index >= 15 is 0 Å². The normalized spacial score (nSPS) is 11.4. The van der Waals surface area contributed by atoms with Crippen molar-refractivity contribution in [2.45, 2.75) is 18.8 Å². The molecule has 4 nitrogen and oxygen atoms in total. The van der Waals surface area contributed by atoms with E-state index in [1.807, 2.05) is 5.32 Å². The summed E-state index contributed by atoms with van der Waals surface area (Å²) in [5, 5.41) is 10.2. The van der Waals surface area contributed by atoms with Crippen LogP contribution in [0, 0.1) is 0 Å². The van der Waals surface area contributed by atoms with Gasteiger partial charge in [-0.2, -0.15) is 0 Å². The zero-order valence-electron chi connectivity index (χ0n) is 7.22. The Morgan fingerprint density at radius 2 is 2.15 bits per heavy atom. The monoisotopic (exact) mass is 196 g/mol. The summed E-state index contributed by atoms with van der Waals surface area (Å²) < 4.78 is 24.7. The molecule has 0 spiro atoms. The first-order chi connectivity index (χ1) is 6.02. The number of aliphatic hydroxyl groups is 1. The Kier molecular flexibility index (Phi) is 5.48. The summed E-state index contributed by atoms with van der Waals surface area (Å²) in [4.78, 5) is 10.8. The Balaban J connectivity index is 3.57. The van der Waals surface area contributed by atoms with Gasteiger partial charge in [0.15, 0.2) is 0 Å². The third-order valence-electron chi connectivity index (χ3n) is 1.38. The van der Waals surface area contributed by atoms with Crippen LogP contribution in [0.15, 0.2) is 0 Å². The fourth-order valence-corrected chi connectivity index (χ4v) is 0.635. The van der Waals surface area contributed by atoms with Crippen LogP contribution in [-0.4, -0.2) is 36.6 Å². The molecule has 0 heterocycles. The van der Waals surface area contributed by atoms with Gasteiger partial charge in [-0.05, 0) is 13.0 Å². The minimum absolute atomic E-state index is 0.137. The number of carbonyl (C=O) groups excluding carboxylic acids is 1. The molecule has 0 rings (SSSR count). The number of nitrogens with one attached hydrogen (secondary N) is 1. The topological polar surface area (TPSA) is 75.4 Å². The van der Waals surface area contributed by atoms with Gasteiger partial charge in [0.05, 0.1) is 6.54 Å². The summed E-state index contributed by atoms with van der Waals surface area (Å²) in [5.41, 5.74) is 5.12. The van der Waals surface area contributed by atoms with Crippen LogP contribution in [0.2, 0.25) is 0 Å². The fourth-order valence-electron chi connectivity index (χ4n) is 0.635. The molecule has 0 saturated carbocycles. The van der Waals surface area contributed by atoms with Crippen molar-refractivity contribution in [1.82, 2.24) is 5.32 Å². The Bertz CT molecular complexity index is 165. The molecule has 0 aromatic carbocycles. The molecule has 0 aliphatic heterocycles. The zero-order valence-corrected chi connectivity index (χ0v) is 7.22. The van der Waals surface area contributed by atoms with Crippen LogP contribution >= 0.6 is 0 Å². The van der Waals surface area contributed by atoms with Crippen LogP contribution in [0.1, 0.15) is 12.8 Å². The van der Waals surface area contributed by atoms with Gasteiger partial charge in [0.1, 0.15) is 6.61 Å². The van der Waals surface area contributed by atoms with Crippen molar-refractivity contribution < 1.29 is 18.7 Å². The molecule has 13 heavy (non-hydrogen) atoms. The molecule has 4 N–H and O–H groups in total. The molecule has 1 amide bonds. The Morgan fingerprint density at radius 3 is 2.62 bits per heavy atom. The quantitative estimate of drug-likeness (QED) is 0.534. The van der Waals surface area contributed by atoms with Crippen LogP contribution in [0.5, 0.6) is 0 Å². The predicted octanol–water partition coefficient (Wildman–Crippen LogP) is -0.531. The molecule has 0 aliphatic carbocycles. The van der Waals surface area contributed by atoms with Crippen molar-refractivity contribution in [2.24, 2.45) is 5.73 Å². The highest BCUT2D eigenvalue weighted by Crippen LogP contribution is 2.09. The highest BCUT2D eigenvalue weighted by molar-refractivity contribution is 5.75. The molecule has 6 heteroatoms. The van der Waals surface area contributed by atoms with Crippen molar-refractivity contribution in [3.63, 3.8) is 0 Å². The third kappa shape index (κ3) is 6.41. The number of rotatable bonds is 6. The number of amides is 1. The minimum Gasteiger partial charge on any atom is -0.390 e. The van der Waals surface area contributed by atoms with E-state index < -0.39 is 25.0 Å². The molecule has 78 valence electrons. The number of hydrogen-bond donors (Lipinski definition) is 3. The second kappa shape index (κ2) is 5.82. The summed E-state index contributed by atoms with van der Waals surface area (Å²) in [6, 6.07) is 0. The molecular weight excluding hydrogens is 182 g/mol. The van der Waals surface area contributed by atoms with Crippen molar-refractivity contribution in [2.75, 3.05) is 19.7 Å². The van der Waals surface area contributed by atoms with E-state index in [1.165, 1.54) is 0 Å². The summed E-state index contributed by atoms with van der Waals surface area (Å²) >= 11 is 0. The number of carbonyl (C=O) groups is 1. The first-order valence-electron chi connectivity index (χ1n) is 3.97. The number of hydrogen-bond acceptors (Lipinski definition) is 3. The molecule has 0 radical (unpaired) electrons. The van der Waals surface area contributed by atoms with E-state index in [1.54, 1.807) is 0 Å². The molecular formula is C7H14F2N2O2. The van der Waals surface area contributed by atoms with Gasteiger partial charge in [-0.25, -0.2) is 8.78 Å². The van der Waals surface area contributed by atoms with Crippen molar-refractivity contribution in [1.29, 1.82) is 0 Å². The number of halogens is 2. The van der Waals surface area contributed by atoms with E-state index in [2.05, 4.69) is 0 Å². The average molecular weight is 196 g/mol. The number of aliphatic hydroxyl groups excluding tert-OH is 1. The average Bonchev–Trinajstić information content (AvgIpc) is 2.11. The highest BCUT2D eigenvalue weighted by Gasteiger charge is 2.27. The Hall–Kier alpha value is -0.750. The summed E-state index contributed by atoms with van der Waals surface area (Å²) in [5.74, 6) is -3.71. The second-order valence-electron chi connectivity index (χ2n) is 2.68. The summed E-state index contributed by atoms with van der Waals surface area (Å²) in [6.07, 6.45) is 0.606. The van der Waals surface area contributed by atoms with Crippen LogP contribution in [-0.2, 0) is 4.79 Å². The maximum atomic E-state index is 12.3. The molecule has 0 bridgehead atoms. The Morgan fingerprint density at radius 1 is 1.54 bits per heavy atom. The summed E-state index contributed by atoms with van der Waals surface area (Å²) in [6.45, 7) is -1.74. The van der Waals surface area contributed by atoms with Gasteiger partial charge in [0, 0.05) is 6.42 Å².